The van der Waals surface area contributed by atoms with Gasteiger partial charge in [0.1, 0.15) is 24.1 Å². The van der Waals surface area contributed by atoms with Gasteiger partial charge in [-0.05, 0) is 38.0 Å². The van der Waals surface area contributed by atoms with Crippen molar-refractivity contribution in [3.8, 4) is 0 Å². The van der Waals surface area contributed by atoms with Crippen LogP contribution in [0.2, 0.25) is 0 Å². The third kappa shape index (κ3) is 7.25. The Hall–Kier alpha value is -3.46. The predicted molar refractivity (Wildman–Crippen MR) is 148 cm³/mol. The lowest BCUT2D eigenvalue weighted by Crippen LogP contribution is -2.43. The minimum Gasteiger partial charge on any atom is -0.387 e. The second-order valence-corrected chi connectivity index (χ2v) is 11.3. The highest BCUT2D eigenvalue weighted by molar-refractivity contribution is 7.53. The molecule has 0 bridgehead atoms. The number of anilines is 2. The number of nitrogens with one attached hydrogen (secondary N) is 2. The summed E-state index contributed by atoms with van der Waals surface area (Å²) in [6.45, 7) is 4.19. The average Bonchev–Trinajstić information content (AvgIpc) is 3.49. The van der Waals surface area contributed by atoms with Gasteiger partial charge in [-0.3, -0.25) is 18.7 Å². The number of aliphatic hydroxyl groups excluding tert-OH is 2. The van der Waals surface area contributed by atoms with E-state index in [9.17, 15) is 24.4 Å². The molecule has 4 atom stereocenters. The first kappa shape index (κ1) is 30.5. The van der Waals surface area contributed by atoms with Crippen LogP contribution < -0.4 is 16.4 Å². The number of nitrogen functional groups attached to an aromatic ring is 1. The number of benzene rings is 1. The smallest absolute Gasteiger partial charge is 0.335 e. The number of nitrogens with zero attached hydrogens (tertiary/aromatic N) is 4. The van der Waals surface area contributed by atoms with Gasteiger partial charge >= 0.3 is 7.60 Å². The van der Waals surface area contributed by atoms with E-state index in [1.807, 2.05) is 0 Å². The Bertz CT molecular complexity index is 1390. The molecule has 6 N–H and O–H groups in total. The summed E-state index contributed by atoms with van der Waals surface area (Å²) in [5.41, 5.74) is 7.69. The fraction of sp³-hybridized carbons (Fsp3) is 0.480. The lowest BCUT2D eigenvalue weighted by atomic mass is 10.1. The van der Waals surface area contributed by atoms with Crippen molar-refractivity contribution in [1.82, 2.24) is 24.8 Å². The van der Waals surface area contributed by atoms with Gasteiger partial charge in [0, 0.05) is 18.7 Å². The Kier molecular flexibility index (Phi) is 10.0. The summed E-state index contributed by atoms with van der Waals surface area (Å²) in [7, 11) is -3.23. The highest BCUT2D eigenvalue weighted by atomic mass is 31.2. The van der Waals surface area contributed by atoms with Gasteiger partial charge in [-0.2, -0.15) is 0 Å². The molecule has 1 aliphatic rings. The first-order valence-electron chi connectivity index (χ1n) is 13.1. The molecule has 0 aliphatic carbocycles. The molecule has 0 radical (unpaired) electrons. The summed E-state index contributed by atoms with van der Waals surface area (Å²) in [5, 5.41) is 26.4. The molecule has 3 aromatic rings. The quantitative estimate of drug-likeness (QED) is 0.141. The van der Waals surface area contributed by atoms with E-state index in [-0.39, 0.29) is 49.7 Å². The second-order valence-electron chi connectivity index (χ2n) is 9.26. The molecule has 41 heavy (non-hydrogen) atoms. The van der Waals surface area contributed by atoms with Crippen molar-refractivity contribution in [3.63, 3.8) is 0 Å². The van der Waals surface area contributed by atoms with Crippen LogP contribution in [0.1, 0.15) is 38.5 Å². The molecule has 0 unspecified atom stereocenters. The number of nitrogens with two attached hydrogens (primary N) is 1. The zero-order chi connectivity index (χ0) is 29.6. The van der Waals surface area contributed by atoms with Crippen LogP contribution >= 0.6 is 7.60 Å². The van der Waals surface area contributed by atoms with Gasteiger partial charge in [0.05, 0.1) is 25.7 Å². The van der Waals surface area contributed by atoms with Gasteiger partial charge in [0.2, 0.25) is 5.91 Å². The zero-order valence-corrected chi connectivity index (χ0v) is 23.6. The molecular weight excluding hydrogens is 557 g/mol. The Labute approximate surface area is 236 Å². The molecule has 1 saturated heterocycles. The molecule has 2 aromatic heterocycles. The molecule has 2 amide bonds. The van der Waals surface area contributed by atoms with Crippen molar-refractivity contribution in [2.45, 2.75) is 57.4 Å². The van der Waals surface area contributed by atoms with Crippen molar-refractivity contribution < 1.29 is 38.2 Å². The molecule has 0 saturated carbocycles. The van der Waals surface area contributed by atoms with E-state index in [4.69, 9.17) is 19.5 Å². The first-order chi connectivity index (χ1) is 19.7. The fourth-order valence-electron chi connectivity index (χ4n) is 4.39. The summed E-state index contributed by atoms with van der Waals surface area (Å²) in [4.78, 5) is 37.1. The summed E-state index contributed by atoms with van der Waals surface area (Å²) in [6.07, 6.45) is -2.27. The Morgan fingerprint density at radius 1 is 1.10 bits per heavy atom. The highest BCUT2D eigenvalue weighted by Crippen LogP contribution is 2.51. The standard InChI is InChI=1S/C25H34N7O8P/c1-3-38-41(37,39-4-2)12-15-7-9-16(10-8-15)31-17(33)6-5-11-27-24(36)21-19(34)20(35)25(40-21)32-14-30-18-22(26)28-13-29-23(18)32/h7-10,13-14,19-21,25,34-35H,3-6,11-12H2,1-2H3,(H,27,36)(H,31,33)(H2,26,28,29)/t19-,20+,21-,25+/m0/s1. The maximum absolute atomic E-state index is 12.7. The Morgan fingerprint density at radius 3 is 2.49 bits per heavy atom. The van der Waals surface area contributed by atoms with E-state index in [2.05, 4.69) is 25.6 Å². The van der Waals surface area contributed by atoms with E-state index in [1.165, 1.54) is 17.2 Å². The van der Waals surface area contributed by atoms with Crippen molar-refractivity contribution in [1.29, 1.82) is 0 Å². The monoisotopic (exact) mass is 591 g/mol. The van der Waals surface area contributed by atoms with Crippen LogP contribution in [0.4, 0.5) is 11.5 Å². The maximum atomic E-state index is 12.7. The lowest BCUT2D eigenvalue weighted by molar-refractivity contribution is -0.137. The van der Waals surface area contributed by atoms with Gasteiger partial charge in [-0.1, -0.05) is 12.1 Å². The summed E-state index contributed by atoms with van der Waals surface area (Å²) in [6, 6.07) is 6.87. The molecule has 4 rings (SSSR count). The fourth-order valence-corrected chi connectivity index (χ4v) is 6.09. The van der Waals surface area contributed by atoms with Crippen molar-refractivity contribution in [2.24, 2.45) is 0 Å². The molecule has 0 spiro atoms. The van der Waals surface area contributed by atoms with Crippen molar-refractivity contribution in [3.05, 3.63) is 42.5 Å². The normalized spacial score (nSPS) is 20.8. The van der Waals surface area contributed by atoms with E-state index in [1.54, 1.807) is 38.1 Å². The summed E-state index contributed by atoms with van der Waals surface area (Å²) in [5.74, 6) is -0.754. The van der Waals surface area contributed by atoms with Crippen LogP contribution in [0.3, 0.4) is 0 Å². The second kappa shape index (κ2) is 13.5. The van der Waals surface area contributed by atoms with Gasteiger partial charge < -0.3 is 40.4 Å². The number of hydrogen-bond acceptors (Lipinski definition) is 12. The lowest BCUT2D eigenvalue weighted by Gasteiger charge is -2.17. The third-order valence-corrected chi connectivity index (χ3v) is 8.36. The van der Waals surface area contributed by atoms with Crippen molar-refractivity contribution in [2.75, 3.05) is 30.8 Å². The number of rotatable bonds is 13. The van der Waals surface area contributed by atoms with Gasteiger partial charge in [0.15, 0.2) is 23.8 Å². The predicted octanol–water partition coefficient (Wildman–Crippen LogP) is 1.33. The molecule has 1 fully saturated rings. The molecule has 1 aliphatic heterocycles. The number of carbonyl (C=O) groups excluding carboxylic acids is 2. The zero-order valence-electron chi connectivity index (χ0n) is 22.7. The number of fused-ring (bicyclic) bond motifs is 1. The van der Waals surface area contributed by atoms with Gasteiger partial charge in [0.25, 0.3) is 5.91 Å². The van der Waals surface area contributed by atoms with Crippen LogP contribution in [-0.4, -0.2) is 79.6 Å². The first-order valence-corrected chi connectivity index (χ1v) is 14.9. The van der Waals surface area contributed by atoms with Gasteiger partial charge in [-0.15, -0.1) is 0 Å². The molecule has 1 aromatic carbocycles. The molecule has 15 nitrogen and oxygen atoms in total. The van der Waals surface area contributed by atoms with Crippen LogP contribution in [0.5, 0.6) is 0 Å². The van der Waals surface area contributed by atoms with E-state index in [0.717, 1.165) is 5.56 Å². The Morgan fingerprint density at radius 2 is 1.80 bits per heavy atom. The molecule has 222 valence electrons. The number of aliphatic hydroxyl groups is 2. The molecule has 3 heterocycles. The van der Waals surface area contributed by atoms with E-state index in [0.29, 0.717) is 17.6 Å². The highest BCUT2D eigenvalue weighted by Gasteiger charge is 2.47. The maximum Gasteiger partial charge on any atom is 0.335 e. The Balaban J connectivity index is 1.22. The van der Waals surface area contributed by atoms with Crippen molar-refractivity contribution >= 4 is 42.1 Å². The van der Waals surface area contributed by atoms with Crippen LogP contribution in [0, 0.1) is 0 Å². The number of hydrogen-bond donors (Lipinski definition) is 5. The number of carbonyl (C=O) groups is 2. The minimum atomic E-state index is -3.23. The van der Waals surface area contributed by atoms with Crippen LogP contribution in [-0.2, 0) is 34.1 Å². The number of ether oxygens (including phenoxy) is 1. The number of aromatic nitrogens is 4. The summed E-state index contributed by atoms with van der Waals surface area (Å²) >= 11 is 0. The molecular formula is C25H34N7O8P. The van der Waals surface area contributed by atoms with Crippen LogP contribution in [0.25, 0.3) is 11.2 Å². The largest absolute Gasteiger partial charge is 0.387 e. The third-order valence-electron chi connectivity index (χ3n) is 6.30. The number of amides is 2. The SMILES string of the molecule is CCOP(=O)(Cc1ccc(NC(=O)CCCNC(=O)[C@H]2O[C@@H](n3cnc4c(N)ncnc43)[C@H](O)[C@@H]2O)cc1)OCC. The molecule has 16 heteroatoms. The minimum absolute atomic E-state index is 0.118. The average molecular weight is 592 g/mol. The summed E-state index contributed by atoms with van der Waals surface area (Å²) < 4.78 is 30.4. The number of imidazole rings is 1. The topological polar surface area (TPSA) is 213 Å². The van der Waals surface area contributed by atoms with E-state index >= 15 is 0 Å². The van der Waals surface area contributed by atoms with Crippen LogP contribution in [0.15, 0.2) is 36.9 Å². The van der Waals surface area contributed by atoms with E-state index < -0.39 is 38.0 Å². The van der Waals surface area contributed by atoms with Gasteiger partial charge in [-0.25, -0.2) is 15.0 Å².